The lowest BCUT2D eigenvalue weighted by Crippen LogP contribution is -2.19. The van der Waals surface area contributed by atoms with Crippen molar-refractivity contribution < 1.29 is 22.1 Å². The number of nitrogens with one attached hydrogen (secondary N) is 1. The minimum atomic E-state index is -4.28. The number of anilines is 1. The van der Waals surface area contributed by atoms with Gasteiger partial charge >= 0.3 is 16.2 Å². The van der Waals surface area contributed by atoms with Crippen molar-refractivity contribution in [2.24, 2.45) is 5.73 Å². The maximum Gasteiger partial charge on any atom is 0.420 e. The Morgan fingerprint density at radius 3 is 2.55 bits per heavy atom. The molecule has 1 amide bonds. The molecule has 0 radical (unpaired) electrons. The maximum absolute atomic E-state index is 12.1. The Morgan fingerprint density at radius 2 is 1.84 bits per heavy atom. The lowest BCUT2D eigenvalue weighted by molar-refractivity contribution is 0.212. The molecule has 0 aliphatic rings. The van der Waals surface area contributed by atoms with Gasteiger partial charge in [0.1, 0.15) is 22.3 Å². The third-order valence-corrected chi connectivity index (χ3v) is 5.62. The standard InChI is InChI=1S/C21H22N4O5S/c1-13(15-6-5-9-18(11-15)31(27,28)30-21(22)26)23-20-12-19(24-14(2)25-20)16-7-4-8-17(10-16)29-3/h4-13H,1-3H3,(H2,22,26)(H,23,24,25). The van der Waals surface area contributed by atoms with E-state index in [2.05, 4.69) is 19.5 Å². The highest BCUT2D eigenvalue weighted by Crippen LogP contribution is 2.26. The van der Waals surface area contributed by atoms with Crippen molar-refractivity contribution in [3.63, 3.8) is 0 Å². The lowest BCUT2D eigenvalue weighted by Gasteiger charge is -2.17. The molecule has 0 aliphatic heterocycles. The van der Waals surface area contributed by atoms with Crippen LogP contribution in [-0.2, 0) is 14.3 Å². The Bertz CT molecular complexity index is 1210. The van der Waals surface area contributed by atoms with Crippen molar-refractivity contribution in [3.05, 3.63) is 66.0 Å². The maximum atomic E-state index is 12.1. The summed E-state index contributed by atoms with van der Waals surface area (Å²) in [5, 5.41) is 3.25. The second kappa shape index (κ2) is 9.00. The molecule has 3 rings (SSSR count). The fourth-order valence-corrected chi connectivity index (χ4v) is 3.81. The smallest absolute Gasteiger partial charge is 0.420 e. The van der Waals surface area contributed by atoms with Crippen molar-refractivity contribution in [2.45, 2.75) is 24.8 Å². The van der Waals surface area contributed by atoms with Crippen LogP contribution in [0.15, 0.2) is 59.5 Å². The first-order valence-corrected chi connectivity index (χ1v) is 10.7. The molecule has 1 aromatic heterocycles. The number of carbonyl (C=O) groups is 1. The number of ether oxygens (including phenoxy) is 1. The molecule has 31 heavy (non-hydrogen) atoms. The summed E-state index contributed by atoms with van der Waals surface area (Å²) in [4.78, 5) is 19.6. The van der Waals surface area contributed by atoms with E-state index in [1.807, 2.05) is 31.2 Å². The van der Waals surface area contributed by atoms with Crippen LogP contribution in [0.25, 0.3) is 11.3 Å². The summed E-state index contributed by atoms with van der Waals surface area (Å²) in [6.45, 7) is 3.64. The third-order valence-electron chi connectivity index (χ3n) is 4.41. The number of methoxy groups -OCH3 is 1. The van der Waals surface area contributed by atoms with E-state index in [1.165, 1.54) is 12.1 Å². The van der Waals surface area contributed by atoms with E-state index >= 15 is 0 Å². The van der Waals surface area contributed by atoms with Gasteiger partial charge in [0.15, 0.2) is 0 Å². The first-order valence-electron chi connectivity index (χ1n) is 9.28. The Labute approximate surface area is 180 Å². The van der Waals surface area contributed by atoms with Gasteiger partial charge in [0, 0.05) is 17.7 Å². The molecular formula is C21H22N4O5S. The molecule has 9 nitrogen and oxygen atoms in total. The largest absolute Gasteiger partial charge is 0.497 e. The van der Waals surface area contributed by atoms with E-state index in [0.29, 0.717) is 28.6 Å². The van der Waals surface area contributed by atoms with Crippen LogP contribution in [0.3, 0.4) is 0 Å². The van der Waals surface area contributed by atoms with E-state index in [1.54, 1.807) is 32.2 Å². The fourth-order valence-electron chi connectivity index (χ4n) is 2.97. The number of hydrogen-bond donors (Lipinski definition) is 2. The first kappa shape index (κ1) is 22.0. The molecule has 0 spiro atoms. The molecule has 162 valence electrons. The van der Waals surface area contributed by atoms with Crippen molar-refractivity contribution in [2.75, 3.05) is 12.4 Å². The highest BCUT2D eigenvalue weighted by Gasteiger charge is 2.20. The number of aromatic nitrogens is 2. The van der Waals surface area contributed by atoms with Crippen molar-refractivity contribution in [1.82, 2.24) is 9.97 Å². The summed E-state index contributed by atoms with van der Waals surface area (Å²) in [5.74, 6) is 1.86. The van der Waals surface area contributed by atoms with Gasteiger partial charge in [0.05, 0.1) is 12.8 Å². The minimum Gasteiger partial charge on any atom is -0.497 e. The predicted octanol–water partition coefficient (Wildman–Crippen LogP) is 3.42. The van der Waals surface area contributed by atoms with E-state index in [0.717, 1.165) is 5.56 Å². The van der Waals surface area contributed by atoms with E-state index < -0.39 is 16.2 Å². The summed E-state index contributed by atoms with van der Waals surface area (Å²) in [5.41, 5.74) is 7.07. The number of hydrogen-bond acceptors (Lipinski definition) is 8. The van der Waals surface area contributed by atoms with Gasteiger partial charge in [0.25, 0.3) is 0 Å². The van der Waals surface area contributed by atoms with E-state index in [9.17, 15) is 13.2 Å². The highest BCUT2D eigenvalue weighted by molar-refractivity contribution is 7.87. The zero-order valence-corrected chi connectivity index (χ0v) is 18.0. The average molecular weight is 442 g/mol. The molecule has 0 saturated heterocycles. The summed E-state index contributed by atoms with van der Waals surface area (Å²) < 4.78 is 33.7. The number of nitrogens with two attached hydrogens (primary N) is 1. The quantitative estimate of drug-likeness (QED) is 0.532. The van der Waals surface area contributed by atoms with Crippen molar-refractivity contribution >= 4 is 22.0 Å². The monoisotopic (exact) mass is 442 g/mol. The normalized spacial score (nSPS) is 12.1. The number of benzene rings is 2. The van der Waals surface area contributed by atoms with Crippen LogP contribution < -0.4 is 15.8 Å². The zero-order chi connectivity index (χ0) is 22.6. The van der Waals surface area contributed by atoms with E-state index in [4.69, 9.17) is 10.5 Å². The summed E-state index contributed by atoms with van der Waals surface area (Å²) in [6.07, 6.45) is -1.39. The Morgan fingerprint density at radius 1 is 1.10 bits per heavy atom. The highest BCUT2D eigenvalue weighted by atomic mass is 32.2. The number of rotatable bonds is 7. The Balaban J connectivity index is 1.87. The van der Waals surface area contributed by atoms with Gasteiger partial charge < -0.3 is 20.0 Å². The second-order valence-electron chi connectivity index (χ2n) is 6.71. The van der Waals surface area contributed by atoms with Gasteiger partial charge in [-0.3, -0.25) is 0 Å². The first-order chi connectivity index (χ1) is 14.7. The predicted molar refractivity (Wildman–Crippen MR) is 115 cm³/mol. The lowest BCUT2D eigenvalue weighted by atomic mass is 10.1. The number of aryl methyl sites for hydroxylation is 1. The third kappa shape index (κ3) is 5.48. The topological polar surface area (TPSA) is 134 Å². The van der Waals surface area contributed by atoms with Gasteiger partial charge in [-0.25, -0.2) is 14.8 Å². The SMILES string of the molecule is COc1cccc(-c2cc(NC(C)c3cccc(S(=O)(=O)OC(N)=O)c3)nc(C)n2)c1. The van der Waals surface area contributed by atoms with Gasteiger partial charge in [-0.05, 0) is 43.7 Å². The molecule has 1 heterocycles. The van der Waals surface area contributed by atoms with Gasteiger partial charge in [-0.15, -0.1) is 0 Å². The van der Waals surface area contributed by atoms with Crippen LogP contribution in [0.1, 0.15) is 24.4 Å². The average Bonchev–Trinajstić information content (AvgIpc) is 2.72. The Kier molecular flexibility index (Phi) is 6.40. The second-order valence-corrected chi connectivity index (χ2v) is 8.26. The zero-order valence-electron chi connectivity index (χ0n) is 17.2. The number of primary amides is 1. The molecule has 1 unspecified atom stereocenters. The molecule has 3 N–H and O–H groups in total. The van der Waals surface area contributed by atoms with Gasteiger partial charge in [-0.2, -0.15) is 8.42 Å². The van der Waals surface area contributed by atoms with Crippen LogP contribution in [0.2, 0.25) is 0 Å². The molecule has 10 heteroatoms. The summed E-state index contributed by atoms with van der Waals surface area (Å²) in [7, 11) is -2.69. The fraction of sp³-hybridized carbons (Fsp3) is 0.190. The number of carbonyl (C=O) groups excluding carboxylic acids is 1. The Hall–Kier alpha value is -3.66. The molecule has 0 saturated carbocycles. The molecule has 0 fully saturated rings. The number of nitrogens with zero attached hydrogens (tertiary/aromatic N) is 2. The van der Waals surface area contributed by atoms with Crippen LogP contribution in [-0.4, -0.2) is 31.6 Å². The molecular weight excluding hydrogens is 420 g/mol. The van der Waals surface area contributed by atoms with Gasteiger partial charge in [0.2, 0.25) is 0 Å². The molecule has 0 bridgehead atoms. The van der Waals surface area contributed by atoms with E-state index in [-0.39, 0.29) is 10.9 Å². The molecule has 3 aromatic rings. The minimum absolute atomic E-state index is 0.173. The molecule has 2 aromatic carbocycles. The van der Waals surface area contributed by atoms with Crippen LogP contribution in [0.5, 0.6) is 5.75 Å². The number of amides is 1. The van der Waals surface area contributed by atoms with Crippen molar-refractivity contribution in [1.29, 1.82) is 0 Å². The van der Waals surface area contributed by atoms with Crippen LogP contribution >= 0.6 is 0 Å². The molecule has 1 atom stereocenters. The van der Waals surface area contributed by atoms with Gasteiger partial charge in [-0.1, -0.05) is 24.3 Å². The molecule has 0 aliphatic carbocycles. The summed E-state index contributed by atoms with van der Waals surface area (Å²) >= 11 is 0. The summed E-state index contributed by atoms with van der Waals surface area (Å²) in [6, 6.07) is 15.0. The van der Waals surface area contributed by atoms with Crippen LogP contribution in [0, 0.1) is 6.92 Å². The van der Waals surface area contributed by atoms with Crippen LogP contribution in [0.4, 0.5) is 10.6 Å². The van der Waals surface area contributed by atoms with Crippen molar-refractivity contribution in [3.8, 4) is 17.0 Å².